The molecule has 0 N–H and O–H groups in total. The van der Waals surface area contributed by atoms with Crippen molar-refractivity contribution < 1.29 is 0 Å². The minimum Gasteiger partial charge on any atom is -0.308 e. The lowest BCUT2D eigenvalue weighted by Crippen LogP contribution is -2.25. The quantitative estimate of drug-likeness (QED) is 0.240. The maximum Gasteiger partial charge on any atom is 0.0716 e. The first-order valence-electron chi connectivity index (χ1n) is 12.6. The molecule has 0 saturated carbocycles. The van der Waals surface area contributed by atoms with E-state index in [0.717, 1.165) is 25.7 Å². The average molecular weight is 447 g/mol. The lowest BCUT2D eigenvalue weighted by molar-refractivity contribution is 0.959. The van der Waals surface area contributed by atoms with Crippen molar-refractivity contribution in [3.05, 3.63) is 130 Å². The van der Waals surface area contributed by atoms with Crippen molar-refractivity contribution in [1.29, 1.82) is 0 Å². The molecule has 164 valence electrons. The molecular formula is C33H22N2. The molecule has 4 aromatic carbocycles. The second-order valence-corrected chi connectivity index (χ2v) is 10.4. The lowest BCUT2D eigenvalue weighted by atomic mass is 9.87. The third-order valence-electron chi connectivity index (χ3n) is 8.51. The number of aromatic nitrogens is 1. The van der Waals surface area contributed by atoms with E-state index < -0.39 is 0 Å². The monoisotopic (exact) mass is 446 g/mol. The van der Waals surface area contributed by atoms with Gasteiger partial charge in [-0.2, -0.15) is 0 Å². The summed E-state index contributed by atoms with van der Waals surface area (Å²) in [5.41, 5.74) is 20.9. The lowest BCUT2D eigenvalue weighted by Gasteiger charge is -2.39. The van der Waals surface area contributed by atoms with E-state index in [1.807, 2.05) is 6.20 Å². The Balaban J connectivity index is 1.23. The Kier molecular flexibility index (Phi) is 3.27. The van der Waals surface area contributed by atoms with Gasteiger partial charge in [0.15, 0.2) is 0 Å². The van der Waals surface area contributed by atoms with Gasteiger partial charge in [0.2, 0.25) is 0 Å². The molecule has 0 amide bonds. The minimum atomic E-state index is 0.911. The molecule has 35 heavy (non-hydrogen) atoms. The van der Waals surface area contributed by atoms with E-state index in [2.05, 4.69) is 83.8 Å². The van der Waals surface area contributed by atoms with Crippen LogP contribution < -0.4 is 4.90 Å². The topological polar surface area (TPSA) is 16.1 Å². The molecule has 0 unspecified atom stereocenters. The zero-order chi connectivity index (χ0) is 22.7. The van der Waals surface area contributed by atoms with Gasteiger partial charge in [0.25, 0.3) is 0 Å². The highest BCUT2D eigenvalue weighted by molar-refractivity contribution is 5.92. The van der Waals surface area contributed by atoms with E-state index in [1.165, 1.54) is 84.0 Å². The first-order chi connectivity index (χ1) is 17.3. The molecule has 0 atom stereocenters. The van der Waals surface area contributed by atoms with Crippen molar-refractivity contribution in [2.75, 3.05) is 4.90 Å². The van der Waals surface area contributed by atoms with E-state index in [0.29, 0.717) is 0 Å². The number of pyridine rings is 1. The number of fused-ring (bicyclic) bond motifs is 10. The number of rotatable bonds is 0. The van der Waals surface area contributed by atoms with Gasteiger partial charge in [-0.1, -0.05) is 42.5 Å². The summed E-state index contributed by atoms with van der Waals surface area (Å²) in [6, 6.07) is 29.9. The normalized spacial score (nSPS) is 14.9. The predicted octanol–water partition coefficient (Wildman–Crippen LogP) is 7.50. The summed E-state index contributed by atoms with van der Waals surface area (Å²) in [6.07, 6.45) is 5.93. The first kappa shape index (κ1) is 18.2. The SMILES string of the molecule is c1ccc2c(c1)Cc1cc3c(cc1-2)Cc1cc2c(cc1-3)Cc1ccnc3c1N2c1ccccc1C3. The van der Waals surface area contributed by atoms with Crippen molar-refractivity contribution in [3.8, 4) is 22.3 Å². The molecule has 2 aliphatic heterocycles. The fourth-order valence-corrected chi connectivity index (χ4v) is 6.98. The minimum absolute atomic E-state index is 0.911. The highest BCUT2D eigenvalue weighted by Crippen LogP contribution is 2.52. The van der Waals surface area contributed by atoms with Crippen LogP contribution in [0.1, 0.15) is 44.6 Å². The molecule has 1 aromatic heterocycles. The Hall–Kier alpha value is -4.17. The molecule has 0 spiro atoms. The molecule has 4 aliphatic rings. The molecular weight excluding hydrogens is 424 g/mol. The van der Waals surface area contributed by atoms with Gasteiger partial charge < -0.3 is 4.90 Å². The number of hydrogen-bond acceptors (Lipinski definition) is 2. The standard InChI is InChI=1S/C33H22N2/c1-3-7-26-19(5-1)11-22-15-28-23(14-27(22)26)13-24-18-32-25(16-29(24)28)12-21-9-10-34-30-17-20-6-2-4-8-31(20)35(32)33(21)30/h1-10,14-16,18H,11-13,17H2. The summed E-state index contributed by atoms with van der Waals surface area (Å²) in [4.78, 5) is 7.30. The van der Waals surface area contributed by atoms with Crippen molar-refractivity contribution in [2.24, 2.45) is 0 Å². The smallest absolute Gasteiger partial charge is 0.0716 e. The van der Waals surface area contributed by atoms with E-state index in [9.17, 15) is 0 Å². The third kappa shape index (κ3) is 2.32. The average Bonchev–Trinajstić information content (AvgIpc) is 3.43. The van der Waals surface area contributed by atoms with Gasteiger partial charge in [-0.3, -0.25) is 4.98 Å². The largest absolute Gasteiger partial charge is 0.308 e. The Morgan fingerprint density at radius 2 is 1.14 bits per heavy atom. The third-order valence-corrected chi connectivity index (χ3v) is 8.51. The Bertz CT molecular complexity index is 1760. The number of para-hydroxylation sites is 1. The fraction of sp³-hybridized carbons (Fsp3) is 0.121. The number of benzene rings is 4. The first-order valence-corrected chi connectivity index (χ1v) is 12.6. The van der Waals surface area contributed by atoms with Crippen LogP contribution in [0.25, 0.3) is 22.3 Å². The van der Waals surface area contributed by atoms with Crippen LogP contribution in [0.15, 0.2) is 85.1 Å². The van der Waals surface area contributed by atoms with Gasteiger partial charge in [0.1, 0.15) is 0 Å². The molecule has 0 fully saturated rings. The van der Waals surface area contributed by atoms with Gasteiger partial charge in [-0.15, -0.1) is 0 Å². The van der Waals surface area contributed by atoms with Gasteiger partial charge in [-0.25, -0.2) is 0 Å². The highest BCUT2D eigenvalue weighted by Gasteiger charge is 2.34. The summed E-state index contributed by atoms with van der Waals surface area (Å²) in [7, 11) is 0. The van der Waals surface area contributed by atoms with Gasteiger partial charge in [0.05, 0.1) is 17.1 Å². The van der Waals surface area contributed by atoms with Crippen LogP contribution in [0, 0.1) is 0 Å². The maximum absolute atomic E-state index is 4.80. The van der Waals surface area contributed by atoms with Gasteiger partial charge in [-0.05, 0) is 110 Å². The van der Waals surface area contributed by atoms with Crippen LogP contribution in [0.4, 0.5) is 17.1 Å². The maximum atomic E-state index is 4.80. The van der Waals surface area contributed by atoms with Gasteiger partial charge >= 0.3 is 0 Å². The van der Waals surface area contributed by atoms with Crippen LogP contribution in [0.2, 0.25) is 0 Å². The van der Waals surface area contributed by atoms with Crippen molar-refractivity contribution in [2.45, 2.75) is 25.7 Å². The van der Waals surface area contributed by atoms with E-state index in [-0.39, 0.29) is 0 Å². The van der Waals surface area contributed by atoms with E-state index in [4.69, 9.17) is 4.98 Å². The summed E-state index contributed by atoms with van der Waals surface area (Å²) >= 11 is 0. The summed E-state index contributed by atoms with van der Waals surface area (Å²) in [5.74, 6) is 0. The fourth-order valence-electron chi connectivity index (χ4n) is 6.98. The van der Waals surface area contributed by atoms with Crippen molar-refractivity contribution in [3.63, 3.8) is 0 Å². The molecule has 5 aromatic rings. The molecule has 0 bridgehead atoms. The summed E-state index contributed by atoms with van der Waals surface area (Å²) in [6.45, 7) is 0. The van der Waals surface area contributed by atoms with E-state index in [1.54, 1.807) is 0 Å². The number of hydrogen-bond donors (Lipinski definition) is 0. The molecule has 3 heterocycles. The molecule has 0 radical (unpaired) electrons. The van der Waals surface area contributed by atoms with Crippen LogP contribution in [0.3, 0.4) is 0 Å². The molecule has 2 heteroatoms. The molecule has 2 aliphatic carbocycles. The van der Waals surface area contributed by atoms with Crippen molar-refractivity contribution >= 4 is 17.1 Å². The van der Waals surface area contributed by atoms with Crippen LogP contribution >= 0.6 is 0 Å². The highest BCUT2D eigenvalue weighted by atomic mass is 15.2. The van der Waals surface area contributed by atoms with Crippen molar-refractivity contribution in [1.82, 2.24) is 4.98 Å². The zero-order valence-electron chi connectivity index (χ0n) is 19.3. The van der Waals surface area contributed by atoms with Crippen LogP contribution in [0.5, 0.6) is 0 Å². The Morgan fingerprint density at radius 3 is 2.03 bits per heavy atom. The van der Waals surface area contributed by atoms with Crippen LogP contribution in [-0.4, -0.2) is 4.98 Å². The Morgan fingerprint density at radius 1 is 0.486 bits per heavy atom. The molecule has 9 rings (SSSR count). The van der Waals surface area contributed by atoms with Crippen LogP contribution in [-0.2, 0) is 25.7 Å². The number of anilines is 3. The summed E-state index contributed by atoms with van der Waals surface area (Å²) in [5, 5.41) is 0. The van der Waals surface area contributed by atoms with Gasteiger partial charge in [0, 0.05) is 24.7 Å². The zero-order valence-corrected chi connectivity index (χ0v) is 19.3. The second kappa shape index (κ2) is 6.28. The molecule has 0 saturated heterocycles. The van der Waals surface area contributed by atoms with E-state index >= 15 is 0 Å². The predicted molar refractivity (Wildman–Crippen MR) is 141 cm³/mol. The molecule has 2 nitrogen and oxygen atoms in total. The summed E-state index contributed by atoms with van der Waals surface area (Å²) < 4.78 is 0. The Labute approximate surface area is 204 Å². The second-order valence-electron chi connectivity index (χ2n) is 10.4. The number of nitrogens with zero attached hydrogens (tertiary/aromatic N) is 2.